The Morgan fingerprint density at radius 2 is 2.07 bits per heavy atom. The number of hydrogen-bond acceptors (Lipinski definition) is 5. The Morgan fingerprint density at radius 3 is 2.71 bits per heavy atom. The maximum atomic E-state index is 13.1. The summed E-state index contributed by atoms with van der Waals surface area (Å²) in [6.45, 7) is 8.53. The summed E-state index contributed by atoms with van der Waals surface area (Å²) in [5.41, 5.74) is 2.19. The van der Waals surface area contributed by atoms with Crippen molar-refractivity contribution in [2.24, 2.45) is 5.92 Å². The molecular formula is C21H31N5O2. The molecule has 2 aromatic rings. The molecule has 1 atom stereocenters. The Kier molecular flexibility index (Phi) is 6.67. The molecule has 7 nitrogen and oxygen atoms in total. The zero-order valence-electron chi connectivity index (χ0n) is 17.3. The van der Waals surface area contributed by atoms with Crippen molar-refractivity contribution in [1.82, 2.24) is 25.2 Å². The van der Waals surface area contributed by atoms with E-state index < -0.39 is 0 Å². The molecule has 1 N–H and O–H groups in total. The van der Waals surface area contributed by atoms with Crippen LogP contribution >= 0.6 is 0 Å². The number of nitrogens with zero attached hydrogens (tertiary/aromatic N) is 4. The van der Waals surface area contributed by atoms with E-state index in [0.29, 0.717) is 18.0 Å². The van der Waals surface area contributed by atoms with E-state index in [9.17, 15) is 4.79 Å². The van der Waals surface area contributed by atoms with Crippen LogP contribution in [0, 0.1) is 5.92 Å². The van der Waals surface area contributed by atoms with Crippen molar-refractivity contribution in [3.63, 3.8) is 0 Å². The van der Waals surface area contributed by atoms with E-state index in [1.807, 2.05) is 57.0 Å². The molecule has 0 aliphatic carbocycles. The van der Waals surface area contributed by atoms with Gasteiger partial charge in [-0.05, 0) is 76.9 Å². The van der Waals surface area contributed by atoms with Crippen molar-refractivity contribution in [3.05, 3.63) is 35.7 Å². The maximum Gasteiger partial charge on any atom is 0.276 e. The van der Waals surface area contributed by atoms with Crippen molar-refractivity contribution in [3.8, 4) is 11.4 Å². The third-order valence-corrected chi connectivity index (χ3v) is 5.05. The van der Waals surface area contributed by atoms with Gasteiger partial charge in [0.1, 0.15) is 5.75 Å². The van der Waals surface area contributed by atoms with Gasteiger partial charge in [-0.15, -0.1) is 5.10 Å². The molecule has 2 heterocycles. The SMILES string of the molecule is CCc1c(C(=O)N2CCCC(CNC)C2)nnn1-c1ccc(OC(C)C)cc1. The largest absolute Gasteiger partial charge is 0.491 e. The number of carbonyl (C=O) groups excluding carboxylic acids is 1. The van der Waals surface area contributed by atoms with Crippen LogP contribution in [0.4, 0.5) is 0 Å². The van der Waals surface area contributed by atoms with Crippen LogP contribution in [-0.4, -0.2) is 58.6 Å². The van der Waals surface area contributed by atoms with Gasteiger partial charge in [0.2, 0.25) is 0 Å². The Hall–Kier alpha value is -2.41. The Labute approximate surface area is 167 Å². The number of piperidine rings is 1. The van der Waals surface area contributed by atoms with E-state index in [1.165, 1.54) is 0 Å². The lowest BCUT2D eigenvalue weighted by atomic mass is 9.97. The van der Waals surface area contributed by atoms with E-state index in [-0.39, 0.29) is 12.0 Å². The molecule has 0 spiro atoms. The van der Waals surface area contributed by atoms with Crippen LogP contribution < -0.4 is 10.1 Å². The lowest BCUT2D eigenvalue weighted by Gasteiger charge is -2.32. The number of aromatic nitrogens is 3. The van der Waals surface area contributed by atoms with Crippen LogP contribution in [0.15, 0.2) is 24.3 Å². The van der Waals surface area contributed by atoms with E-state index in [2.05, 4.69) is 15.6 Å². The van der Waals surface area contributed by atoms with Crippen LogP contribution in [0.3, 0.4) is 0 Å². The lowest BCUT2D eigenvalue weighted by Crippen LogP contribution is -2.42. The van der Waals surface area contributed by atoms with Gasteiger partial charge in [-0.1, -0.05) is 12.1 Å². The van der Waals surface area contributed by atoms with Gasteiger partial charge >= 0.3 is 0 Å². The van der Waals surface area contributed by atoms with Crippen molar-refractivity contribution < 1.29 is 9.53 Å². The summed E-state index contributed by atoms with van der Waals surface area (Å²) in [5, 5.41) is 11.8. The van der Waals surface area contributed by atoms with Crippen LogP contribution in [0.1, 0.15) is 49.8 Å². The molecule has 1 aromatic carbocycles. The highest BCUT2D eigenvalue weighted by atomic mass is 16.5. The van der Waals surface area contributed by atoms with E-state index in [4.69, 9.17) is 4.74 Å². The number of nitrogens with one attached hydrogen (secondary N) is 1. The summed E-state index contributed by atoms with van der Waals surface area (Å²) >= 11 is 0. The van der Waals surface area contributed by atoms with Gasteiger partial charge in [0, 0.05) is 13.1 Å². The van der Waals surface area contributed by atoms with Gasteiger partial charge in [0.05, 0.1) is 17.5 Å². The van der Waals surface area contributed by atoms with Gasteiger partial charge in [-0.3, -0.25) is 4.79 Å². The highest BCUT2D eigenvalue weighted by Crippen LogP contribution is 2.22. The minimum atomic E-state index is -0.0105. The summed E-state index contributed by atoms with van der Waals surface area (Å²) < 4.78 is 7.47. The summed E-state index contributed by atoms with van der Waals surface area (Å²) in [6, 6.07) is 7.74. The molecule has 7 heteroatoms. The zero-order valence-corrected chi connectivity index (χ0v) is 17.3. The zero-order chi connectivity index (χ0) is 20.1. The third-order valence-electron chi connectivity index (χ3n) is 5.05. The number of rotatable bonds is 7. The first-order valence-corrected chi connectivity index (χ1v) is 10.2. The van der Waals surface area contributed by atoms with E-state index >= 15 is 0 Å². The summed E-state index contributed by atoms with van der Waals surface area (Å²) in [7, 11) is 1.96. The molecule has 3 rings (SSSR count). The number of amides is 1. The molecule has 28 heavy (non-hydrogen) atoms. The third kappa shape index (κ3) is 4.52. The average molecular weight is 386 g/mol. The van der Waals surface area contributed by atoms with Crippen LogP contribution in [-0.2, 0) is 6.42 Å². The molecule has 0 saturated carbocycles. The molecule has 152 valence electrons. The molecule has 1 amide bonds. The maximum absolute atomic E-state index is 13.1. The quantitative estimate of drug-likeness (QED) is 0.793. The van der Waals surface area contributed by atoms with Crippen molar-refractivity contribution >= 4 is 5.91 Å². The highest BCUT2D eigenvalue weighted by Gasteiger charge is 2.28. The van der Waals surface area contributed by atoms with Crippen molar-refractivity contribution in [1.29, 1.82) is 0 Å². The predicted octanol–water partition coefficient (Wildman–Crippen LogP) is 2.69. The number of ether oxygens (including phenoxy) is 1. The van der Waals surface area contributed by atoms with E-state index in [1.54, 1.807) is 4.68 Å². The van der Waals surface area contributed by atoms with Gasteiger partial charge in [0.15, 0.2) is 5.69 Å². The molecule has 1 aliphatic heterocycles. The van der Waals surface area contributed by atoms with Crippen molar-refractivity contribution in [2.75, 3.05) is 26.7 Å². The summed E-state index contributed by atoms with van der Waals surface area (Å²) in [4.78, 5) is 15.0. The Balaban J connectivity index is 1.80. The second kappa shape index (κ2) is 9.19. The number of carbonyl (C=O) groups is 1. The smallest absolute Gasteiger partial charge is 0.276 e. The fourth-order valence-electron chi connectivity index (χ4n) is 3.79. The fraction of sp³-hybridized carbons (Fsp3) is 0.571. The van der Waals surface area contributed by atoms with Gasteiger partial charge in [0.25, 0.3) is 5.91 Å². The fourth-order valence-corrected chi connectivity index (χ4v) is 3.79. The predicted molar refractivity (Wildman–Crippen MR) is 109 cm³/mol. The Morgan fingerprint density at radius 1 is 1.32 bits per heavy atom. The van der Waals surface area contributed by atoms with Crippen LogP contribution in [0.25, 0.3) is 5.69 Å². The molecule has 0 radical (unpaired) electrons. The number of hydrogen-bond donors (Lipinski definition) is 1. The second-order valence-corrected chi connectivity index (χ2v) is 7.63. The average Bonchev–Trinajstić information content (AvgIpc) is 3.12. The molecule has 1 saturated heterocycles. The summed E-state index contributed by atoms with van der Waals surface area (Å²) in [5.74, 6) is 1.30. The number of likely N-dealkylation sites (tertiary alicyclic amines) is 1. The summed E-state index contributed by atoms with van der Waals surface area (Å²) in [6.07, 6.45) is 3.00. The monoisotopic (exact) mass is 385 g/mol. The first kappa shape index (κ1) is 20.3. The first-order valence-electron chi connectivity index (χ1n) is 10.2. The Bertz CT molecular complexity index is 783. The number of benzene rings is 1. The second-order valence-electron chi connectivity index (χ2n) is 7.63. The highest BCUT2D eigenvalue weighted by molar-refractivity contribution is 5.93. The van der Waals surface area contributed by atoms with Crippen LogP contribution in [0.2, 0.25) is 0 Å². The molecular weight excluding hydrogens is 354 g/mol. The lowest BCUT2D eigenvalue weighted by molar-refractivity contribution is 0.0667. The minimum absolute atomic E-state index is 0.0105. The van der Waals surface area contributed by atoms with Gasteiger partial charge in [-0.25, -0.2) is 4.68 Å². The van der Waals surface area contributed by atoms with Gasteiger partial charge in [-0.2, -0.15) is 0 Å². The standard InChI is InChI=1S/C21H31N5O2/c1-5-19-20(21(27)25-12-6-7-16(14-25)13-22-4)23-24-26(19)17-8-10-18(11-9-17)28-15(2)3/h8-11,15-16,22H,5-7,12-14H2,1-4H3. The van der Waals surface area contributed by atoms with Crippen molar-refractivity contribution in [2.45, 2.75) is 46.1 Å². The first-order chi connectivity index (χ1) is 13.5. The topological polar surface area (TPSA) is 72.3 Å². The van der Waals surface area contributed by atoms with E-state index in [0.717, 1.165) is 49.6 Å². The molecule has 0 bridgehead atoms. The van der Waals surface area contributed by atoms with Crippen LogP contribution in [0.5, 0.6) is 5.75 Å². The normalized spacial score (nSPS) is 17.2. The molecule has 1 unspecified atom stereocenters. The minimum Gasteiger partial charge on any atom is -0.491 e. The molecule has 1 aromatic heterocycles. The van der Waals surface area contributed by atoms with Gasteiger partial charge < -0.3 is 15.0 Å². The molecule has 1 fully saturated rings. The molecule has 1 aliphatic rings.